The predicted molar refractivity (Wildman–Crippen MR) is 189 cm³/mol. The van der Waals surface area contributed by atoms with Gasteiger partial charge in [0.15, 0.2) is 6.23 Å². The molecule has 0 radical (unpaired) electrons. The Morgan fingerprint density at radius 1 is 1.13 bits per heavy atom. The number of carbonyl (C=O) groups excluding carboxylic acids is 3. The highest BCUT2D eigenvalue weighted by atomic mass is 16.5. The molecule has 2 heterocycles. The highest BCUT2D eigenvalue weighted by Gasteiger charge is 2.35. The number of hydroxylamine groups is 4. The molecular weight excluding hydrogens is 694 g/mol. The van der Waals surface area contributed by atoms with Crippen LogP contribution in [0.2, 0.25) is 0 Å². The van der Waals surface area contributed by atoms with E-state index in [1.807, 2.05) is 6.08 Å². The fourth-order valence-electron chi connectivity index (χ4n) is 5.56. The van der Waals surface area contributed by atoms with Crippen molar-refractivity contribution in [3.05, 3.63) is 66.3 Å². The van der Waals surface area contributed by atoms with Gasteiger partial charge >= 0.3 is 11.9 Å². The number of hydrogen-bond donors (Lipinski definition) is 9. The summed E-state index contributed by atoms with van der Waals surface area (Å²) < 4.78 is 11.2. The number of aromatic hydroxyl groups is 1. The maximum absolute atomic E-state index is 13.4. The van der Waals surface area contributed by atoms with Gasteiger partial charge in [0.05, 0.1) is 19.1 Å². The van der Waals surface area contributed by atoms with Gasteiger partial charge in [0.25, 0.3) is 0 Å². The molecule has 0 aliphatic carbocycles. The molecule has 2 aliphatic heterocycles. The number of nitrogens with zero attached hydrogens (tertiary/aromatic N) is 2. The van der Waals surface area contributed by atoms with Crippen LogP contribution in [0.5, 0.6) is 5.75 Å². The van der Waals surface area contributed by atoms with Crippen molar-refractivity contribution in [1.29, 1.82) is 0 Å². The number of esters is 1. The minimum absolute atomic E-state index is 0.00977. The first-order chi connectivity index (χ1) is 25.3. The number of carboxylic acid groups (broad SMARTS) is 1. The van der Waals surface area contributed by atoms with Crippen LogP contribution >= 0.6 is 0 Å². The Morgan fingerprint density at radius 2 is 1.87 bits per heavy atom. The van der Waals surface area contributed by atoms with E-state index < -0.39 is 66.7 Å². The monoisotopic (exact) mass is 747 g/mol. The van der Waals surface area contributed by atoms with Crippen molar-refractivity contribution in [3.63, 3.8) is 0 Å². The van der Waals surface area contributed by atoms with Crippen molar-refractivity contribution in [3.8, 4) is 5.75 Å². The molecule has 2 amide bonds. The number of carboxylic acids is 1. The Bertz CT molecular complexity index is 1420. The van der Waals surface area contributed by atoms with Gasteiger partial charge in [-0.05, 0) is 64.0 Å². The molecule has 7 atom stereocenters. The van der Waals surface area contributed by atoms with Crippen LogP contribution in [-0.2, 0) is 28.7 Å². The largest absolute Gasteiger partial charge is 0.508 e. The number of allylic oxidation sites excluding steroid dienone is 3. The number of phenols is 1. The molecule has 3 unspecified atom stereocenters. The second kappa shape index (κ2) is 22.8. The summed E-state index contributed by atoms with van der Waals surface area (Å²) in [5.41, 5.74) is 0.444. The Morgan fingerprint density at radius 3 is 2.62 bits per heavy atom. The minimum atomic E-state index is -1.36. The average Bonchev–Trinajstić information content (AvgIpc) is 3.55. The number of para-hydroxylation sites is 1. The summed E-state index contributed by atoms with van der Waals surface area (Å²) in [5.74, 6) is -2.77. The molecule has 0 bridgehead atoms. The van der Waals surface area contributed by atoms with Crippen LogP contribution in [0.1, 0.15) is 76.5 Å². The molecule has 0 saturated carbocycles. The second-order valence-corrected chi connectivity index (χ2v) is 12.9. The van der Waals surface area contributed by atoms with Crippen LogP contribution in [0.15, 0.2) is 60.7 Å². The number of benzene rings is 1. The Labute approximate surface area is 308 Å². The molecule has 9 N–H and O–H groups in total. The molecule has 0 spiro atoms. The van der Waals surface area contributed by atoms with E-state index in [-0.39, 0.29) is 44.7 Å². The van der Waals surface area contributed by atoms with Crippen molar-refractivity contribution in [2.45, 2.75) is 108 Å². The quantitative estimate of drug-likeness (QED) is 0.0285. The Kier molecular flexibility index (Phi) is 18.6. The maximum Gasteiger partial charge on any atom is 0.328 e. The van der Waals surface area contributed by atoms with Gasteiger partial charge in [-0.2, -0.15) is 10.1 Å². The number of aliphatic hydroxyl groups excluding tert-OH is 2. The number of aliphatic carboxylic acids is 1. The van der Waals surface area contributed by atoms with Crippen molar-refractivity contribution < 1.29 is 59.5 Å². The van der Waals surface area contributed by atoms with Crippen molar-refractivity contribution in [2.24, 2.45) is 0 Å². The molecule has 1 aromatic rings. The van der Waals surface area contributed by atoms with Gasteiger partial charge in [-0.3, -0.25) is 19.7 Å². The summed E-state index contributed by atoms with van der Waals surface area (Å²) in [6.45, 7) is 1.70. The van der Waals surface area contributed by atoms with Gasteiger partial charge < -0.3 is 50.9 Å². The van der Waals surface area contributed by atoms with Crippen molar-refractivity contribution in [1.82, 2.24) is 26.1 Å². The molecule has 1 saturated heterocycles. The van der Waals surface area contributed by atoms with E-state index in [0.717, 1.165) is 10.1 Å². The topological polar surface area (TPSA) is 251 Å². The van der Waals surface area contributed by atoms with E-state index in [0.29, 0.717) is 44.1 Å². The number of aliphatic hydroxyl groups is 2. The lowest BCUT2D eigenvalue weighted by Gasteiger charge is -2.26. The van der Waals surface area contributed by atoms with Crippen LogP contribution in [-0.4, -0.2) is 121 Å². The van der Waals surface area contributed by atoms with E-state index in [2.05, 4.69) is 16.0 Å². The zero-order chi connectivity index (χ0) is 38.8. The third kappa shape index (κ3) is 15.4. The first kappa shape index (κ1) is 43.2. The number of ether oxygens (including phenoxy) is 2. The van der Waals surface area contributed by atoms with Gasteiger partial charge in [0.1, 0.15) is 36.4 Å². The van der Waals surface area contributed by atoms with E-state index in [9.17, 15) is 44.9 Å². The summed E-state index contributed by atoms with van der Waals surface area (Å²) in [6.07, 6.45) is 8.39. The number of unbranched alkanes of at least 4 members (excludes halogenated alkanes) is 2. The number of carbonyl (C=O) groups is 4. The van der Waals surface area contributed by atoms with Gasteiger partial charge in [0, 0.05) is 25.1 Å². The molecule has 17 heteroatoms. The molecule has 2 aliphatic rings. The second-order valence-electron chi connectivity index (χ2n) is 12.9. The van der Waals surface area contributed by atoms with Gasteiger partial charge in [-0.1, -0.05) is 48.6 Å². The molecular formula is C36H53N5O12. The van der Waals surface area contributed by atoms with E-state index in [1.165, 1.54) is 19.1 Å². The molecule has 53 heavy (non-hydrogen) atoms. The number of hydrogen-bond acceptors (Lipinski definition) is 14. The van der Waals surface area contributed by atoms with Gasteiger partial charge in [0.2, 0.25) is 11.8 Å². The highest BCUT2D eigenvalue weighted by molar-refractivity contribution is 5.88. The number of nitrogens with one attached hydrogen (secondary N) is 3. The lowest BCUT2D eigenvalue weighted by molar-refractivity contribution is -0.199. The van der Waals surface area contributed by atoms with Crippen LogP contribution in [0.3, 0.4) is 0 Å². The molecule has 17 nitrogen and oxygen atoms in total. The van der Waals surface area contributed by atoms with E-state index in [4.69, 9.17) is 14.6 Å². The number of rotatable bonds is 21. The van der Waals surface area contributed by atoms with Crippen LogP contribution < -0.4 is 16.0 Å². The smallest absolute Gasteiger partial charge is 0.328 e. The molecule has 1 fully saturated rings. The first-order valence-corrected chi connectivity index (χ1v) is 17.8. The molecule has 0 aromatic heterocycles. The number of amides is 2. The third-order valence-electron chi connectivity index (χ3n) is 8.47. The SMILES string of the molecule is C[C@@H](CC(=O)N[C@H]1C=CCCN(O)C1O)OC(=O)[C@H](CCCCN(O)C(O)/C=C\CC/C=C/CCC(=O)O)NC(=O)[C@@H]1COC(c2ccccc2O)N1. The predicted octanol–water partition coefficient (Wildman–Crippen LogP) is 1.58. The molecule has 294 valence electrons. The fraction of sp³-hybridized carbons (Fsp3) is 0.556. The van der Waals surface area contributed by atoms with Crippen LogP contribution in [0.25, 0.3) is 0 Å². The van der Waals surface area contributed by atoms with Gasteiger partial charge in [-0.25, -0.2) is 4.79 Å². The normalized spacial score (nSPS) is 22.5. The first-order valence-electron chi connectivity index (χ1n) is 17.8. The summed E-state index contributed by atoms with van der Waals surface area (Å²) in [5, 5.41) is 69.3. The minimum Gasteiger partial charge on any atom is -0.508 e. The summed E-state index contributed by atoms with van der Waals surface area (Å²) in [6, 6.07) is 3.63. The fourth-order valence-corrected chi connectivity index (χ4v) is 5.56. The average molecular weight is 748 g/mol. The summed E-state index contributed by atoms with van der Waals surface area (Å²) in [4.78, 5) is 49.9. The lowest BCUT2D eigenvalue weighted by Crippen LogP contribution is -2.51. The summed E-state index contributed by atoms with van der Waals surface area (Å²) in [7, 11) is 0. The maximum atomic E-state index is 13.4. The van der Waals surface area contributed by atoms with Crippen LogP contribution in [0.4, 0.5) is 0 Å². The van der Waals surface area contributed by atoms with Crippen molar-refractivity contribution in [2.75, 3.05) is 19.7 Å². The zero-order valence-electron chi connectivity index (χ0n) is 29.8. The summed E-state index contributed by atoms with van der Waals surface area (Å²) >= 11 is 0. The molecule has 1 aromatic carbocycles. The van der Waals surface area contributed by atoms with Gasteiger partial charge in [-0.15, -0.1) is 0 Å². The third-order valence-corrected chi connectivity index (χ3v) is 8.47. The van der Waals surface area contributed by atoms with E-state index in [1.54, 1.807) is 42.5 Å². The van der Waals surface area contributed by atoms with E-state index >= 15 is 0 Å². The standard InChI is InChI=1S/C36H53N5O12/c1-24(22-30(43)37-26-15-10-13-21-41(51)35(26)48)53-36(49)27(38-33(47)28-23-52-34(39-28)25-14-8-9-17-29(25)42)16-11-12-20-40(50)31(44)18-6-4-2-3-5-7-19-32(45)46/h3,5-6,8-10,14-15,17-18,24,26-28,31,34-35,39,42,44,48,50-51H,2,4,7,11-13,16,19-23H2,1H3,(H,37,43)(H,38,47)(H,45,46)/b5-3+,18-6-/t24-,26-,27-,28-,31?,34?,35?/m0/s1. The van der Waals surface area contributed by atoms with Crippen LogP contribution in [0, 0.1) is 0 Å². The lowest BCUT2D eigenvalue weighted by atomic mass is 10.1. The zero-order valence-corrected chi connectivity index (χ0v) is 29.8. The highest BCUT2D eigenvalue weighted by Crippen LogP contribution is 2.28. The Balaban J connectivity index is 1.53. The molecule has 3 rings (SSSR count). The number of phenolic OH excluding ortho intramolecular Hbond substituents is 1. The Hall–Kier alpha value is -4.20. The van der Waals surface area contributed by atoms with Crippen molar-refractivity contribution >= 4 is 23.8 Å².